The summed E-state index contributed by atoms with van der Waals surface area (Å²) >= 11 is 4.04. The Kier molecular flexibility index (Phi) is 9.67. The SMILES string of the molecule is CC(C)(C)c1ccc2c(c1)c1cc(C(C)(C)C)ccc1n2-c1cc2c(s1)C1(c3ccccc3-c3ccccc31)c1cc(-n3c4ccc(C(C)(C)C)cc4c4cc(C(C)(C)C)ccc43)sc1C21c2ccccc2-c2ccccc21. The monoisotopic (exact) mass is 1050 g/mol. The molecule has 0 saturated carbocycles. The van der Waals surface area contributed by atoms with E-state index < -0.39 is 10.8 Å². The summed E-state index contributed by atoms with van der Waals surface area (Å²) in [6.07, 6.45) is 0. The molecule has 4 heteroatoms. The Bertz CT molecular complexity index is 3980. The van der Waals surface area contributed by atoms with Crippen molar-refractivity contribution < 1.29 is 0 Å². The number of aromatic nitrogens is 2. The fourth-order valence-corrected chi connectivity index (χ4v) is 17.2. The molecule has 4 aromatic heterocycles. The molecule has 78 heavy (non-hydrogen) atoms. The van der Waals surface area contributed by atoms with Gasteiger partial charge < -0.3 is 9.13 Å². The summed E-state index contributed by atoms with van der Waals surface area (Å²) in [4.78, 5) is 2.80. The second-order valence-corrected chi connectivity index (χ2v) is 29.0. The Hall–Kier alpha value is -7.24. The number of hydrogen-bond acceptors (Lipinski definition) is 2. The Morgan fingerprint density at radius 2 is 0.526 bits per heavy atom. The van der Waals surface area contributed by atoms with Crippen LogP contribution in [0.4, 0.5) is 0 Å². The van der Waals surface area contributed by atoms with Gasteiger partial charge >= 0.3 is 0 Å². The van der Waals surface area contributed by atoms with Gasteiger partial charge in [-0.25, -0.2) is 0 Å². The van der Waals surface area contributed by atoms with Gasteiger partial charge in [0, 0.05) is 31.3 Å². The lowest BCUT2D eigenvalue weighted by Crippen LogP contribution is -2.41. The minimum atomic E-state index is -0.623. The molecular formula is C74H66N2S2. The molecule has 0 atom stereocenters. The molecular weight excluding hydrogens is 981 g/mol. The Labute approximate surface area is 467 Å². The summed E-state index contributed by atoms with van der Waals surface area (Å²) in [7, 11) is 0. The molecule has 3 aliphatic carbocycles. The van der Waals surface area contributed by atoms with Gasteiger partial charge in [-0.3, -0.25) is 0 Å². The molecule has 2 nitrogen and oxygen atoms in total. The molecule has 0 unspecified atom stereocenters. The highest BCUT2D eigenvalue weighted by molar-refractivity contribution is 7.16. The number of hydrogen-bond donors (Lipinski definition) is 0. The highest BCUT2D eigenvalue weighted by Gasteiger charge is 2.61. The zero-order valence-electron chi connectivity index (χ0n) is 47.0. The first-order valence-corrected chi connectivity index (χ1v) is 29.7. The van der Waals surface area contributed by atoms with Crippen LogP contribution in [0.5, 0.6) is 0 Å². The van der Waals surface area contributed by atoms with Crippen LogP contribution < -0.4 is 0 Å². The second kappa shape index (κ2) is 15.7. The summed E-state index contributed by atoms with van der Waals surface area (Å²) in [5.41, 5.74) is 22.6. The minimum absolute atomic E-state index is 0.00220. The molecule has 0 amide bonds. The van der Waals surface area contributed by atoms with E-state index in [4.69, 9.17) is 0 Å². The van der Waals surface area contributed by atoms with E-state index in [0.717, 1.165) is 0 Å². The van der Waals surface area contributed by atoms with E-state index in [0.29, 0.717) is 0 Å². The number of nitrogens with zero attached hydrogens (tertiary/aromatic N) is 2. The average molecular weight is 1050 g/mol. The highest BCUT2D eigenvalue weighted by Crippen LogP contribution is 2.71. The van der Waals surface area contributed by atoms with Crippen LogP contribution in [0.1, 0.15) is 148 Å². The second-order valence-electron chi connectivity index (χ2n) is 26.9. The first-order valence-electron chi connectivity index (χ1n) is 28.1. The van der Waals surface area contributed by atoms with Gasteiger partial charge in [-0.15, -0.1) is 22.7 Å². The van der Waals surface area contributed by atoms with E-state index in [1.807, 2.05) is 22.7 Å². The van der Waals surface area contributed by atoms with Gasteiger partial charge in [0.05, 0.1) is 32.9 Å². The van der Waals surface area contributed by atoms with Crippen molar-refractivity contribution in [3.8, 4) is 32.3 Å². The lowest BCUT2D eigenvalue weighted by molar-refractivity contribution is 0.590. The van der Waals surface area contributed by atoms with Gasteiger partial charge in [0.2, 0.25) is 0 Å². The van der Waals surface area contributed by atoms with Gasteiger partial charge in [0.25, 0.3) is 0 Å². The predicted octanol–water partition coefficient (Wildman–Crippen LogP) is 20.2. The van der Waals surface area contributed by atoms with Crippen LogP contribution in [0.25, 0.3) is 75.9 Å². The maximum absolute atomic E-state index is 2.66. The molecule has 0 N–H and O–H groups in total. The first-order chi connectivity index (χ1) is 37.2. The van der Waals surface area contributed by atoms with E-state index in [-0.39, 0.29) is 21.7 Å². The zero-order chi connectivity index (χ0) is 53.8. The van der Waals surface area contributed by atoms with Crippen molar-refractivity contribution in [2.45, 2.75) is 116 Å². The summed E-state index contributed by atoms with van der Waals surface area (Å²) in [5.74, 6) is 0. The Morgan fingerprint density at radius 1 is 0.282 bits per heavy atom. The summed E-state index contributed by atoms with van der Waals surface area (Å²) in [5, 5.41) is 7.74. The molecule has 384 valence electrons. The van der Waals surface area contributed by atoms with E-state index in [9.17, 15) is 0 Å². The molecule has 0 saturated heterocycles. The van der Waals surface area contributed by atoms with Crippen LogP contribution in [-0.4, -0.2) is 9.13 Å². The average Bonchev–Trinajstić information content (AvgIpc) is 2.02. The lowest BCUT2D eigenvalue weighted by Gasteiger charge is -2.45. The van der Waals surface area contributed by atoms with E-state index >= 15 is 0 Å². The van der Waals surface area contributed by atoms with Crippen molar-refractivity contribution >= 4 is 66.3 Å². The fraction of sp³-hybridized carbons (Fsp3) is 0.243. The van der Waals surface area contributed by atoms with Gasteiger partial charge in [0.1, 0.15) is 10.0 Å². The van der Waals surface area contributed by atoms with Crippen LogP contribution in [-0.2, 0) is 32.5 Å². The van der Waals surface area contributed by atoms with Gasteiger partial charge in [0.15, 0.2) is 0 Å². The highest BCUT2D eigenvalue weighted by atomic mass is 32.1. The molecule has 8 aromatic carbocycles. The van der Waals surface area contributed by atoms with E-state index in [1.54, 1.807) is 0 Å². The summed E-state index contributed by atoms with van der Waals surface area (Å²) in [6, 6.07) is 72.0. The largest absolute Gasteiger partial charge is 0.301 e. The molecule has 12 aromatic rings. The van der Waals surface area contributed by atoms with E-state index in [2.05, 4.69) is 274 Å². The van der Waals surface area contributed by atoms with Crippen molar-refractivity contribution in [3.05, 3.63) is 247 Å². The van der Waals surface area contributed by atoms with Crippen molar-refractivity contribution in [2.24, 2.45) is 0 Å². The van der Waals surface area contributed by atoms with Crippen LogP contribution in [0.2, 0.25) is 0 Å². The molecule has 15 rings (SSSR count). The molecule has 0 fully saturated rings. The van der Waals surface area contributed by atoms with Gasteiger partial charge in [-0.2, -0.15) is 0 Å². The van der Waals surface area contributed by atoms with Gasteiger partial charge in [-0.1, -0.05) is 204 Å². The standard InChI is InChI=1S/C74H66N2S2/c1-69(2,3)43-29-33-61-51(37-43)52-38-44(70(4,5)6)30-34-62(52)75(61)65-41-59-67(77-65)74(57-27-19-15-23-49(57)50-24-16-20-28-58(50)74)60-42-66(78-68(60)73(59)55-25-17-13-21-47(55)48-22-14-18-26-56(48)73)76-63-35-31-45(71(7,8)9)39-53(63)54-40-46(72(10,11)12)32-36-64(54)76/h13-42H,1-12H3. The van der Waals surface area contributed by atoms with Gasteiger partial charge in [-0.05, 0) is 160 Å². The molecule has 3 aliphatic rings. The quantitative estimate of drug-likeness (QED) is 0.163. The number of benzene rings is 8. The number of thiophene rings is 2. The van der Waals surface area contributed by atoms with Crippen molar-refractivity contribution in [3.63, 3.8) is 0 Å². The lowest BCUT2D eigenvalue weighted by atomic mass is 9.58. The smallest absolute Gasteiger partial charge is 0.101 e. The summed E-state index contributed by atoms with van der Waals surface area (Å²) in [6.45, 7) is 28.1. The Balaban J connectivity index is 1.11. The maximum atomic E-state index is 2.66. The van der Waals surface area contributed by atoms with E-state index in [1.165, 1.54) is 141 Å². The van der Waals surface area contributed by atoms with Crippen molar-refractivity contribution in [1.29, 1.82) is 0 Å². The molecule has 0 aliphatic heterocycles. The van der Waals surface area contributed by atoms with Crippen molar-refractivity contribution in [2.75, 3.05) is 0 Å². The van der Waals surface area contributed by atoms with Crippen LogP contribution in [0.3, 0.4) is 0 Å². The van der Waals surface area contributed by atoms with Crippen LogP contribution >= 0.6 is 22.7 Å². The third-order valence-electron chi connectivity index (χ3n) is 18.3. The predicted molar refractivity (Wildman–Crippen MR) is 334 cm³/mol. The topological polar surface area (TPSA) is 9.86 Å². The molecule has 0 radical (unpaired) electrons. The molecule has 4 heterocycles. The maximum Gasteiger partial charge on any atom is 0.101 e. The summed E-state index contributed by atoms with van der Waals surface area (Å²) < 4.78 is 5.26. The van der Waals surface area contributed by atoms with Crippen molar-refractivity contribution in [1.82, 2.24) is 9.13 Å². The Morgan fingerprint density at radius 3 is 0.769 bits per heavy atom. The third-order valence-corrected chi connectivity index (χ3v) is 20.7. The third kappa shape index (κ3) is 6.25. The number of fused-ring (bicyclic) bond motifs is 22. The normalized spacial score (nSPS) is 15.1. The molecule has 2 spiro atoms. The van der Waals surface area contributed by atoms with Crippen LogP contribution in [0, 0.1) is 0 Å². The van der Waals surface area contributed by atoms with Crippen LogP contribution in [0.15, 0.2) is 182 Å². The fourth-order valence-electron chi connectivity index (χ4n) is 14.3. The minimum Gasteiger partial charge on any atom is -0.301 e. The molecule has 0 bridgehead atoms. The first kappa shape index (κ1) is 47.9. The number of rotatable bonds is 2. The zero-order valence-corrected chi connectivity index (χ0v) is 48.7.